The number of alkyl halides is 3. The fourth-order valence-electron chi connectivity index (χ4n) is 4.76. The molecule has 1 fully saturated rings. The van der Waals surface area contributed by atoms with Crippen LogP contribution >= 0.6 is 0 Å². The normalized spacial score (nSPS) is 13.9. The monoisotopic (exact) mass is 513 g/mol. The van der Waals surface area contributed by atoms with Gasteiger partial charge in [-0.3, -0.25) is 19.7 Å². The first-order valence-corrected chi connectivity index (χ1v) is 12.5. The Bertz CT molecular complexity index is 1560. The topological polar surface area (TPSA) is 46.1 Å². The van der Waals surface area contributed by atoms with Gasteiger partial charge in [-0.25, -0.2) is 0 Å². The predicted molar refractivity (Wildman–Crippen MR) is 141 cm³/mol. The molecule has 0 saturated carbocycles. The van der Waals surface area contributed by atoms with Crippen LogP contribution in [0.4, 0.5) is 13.2 Å². The number of halogens is 3. The van der Waals surface area contributed by atoms with E-state index < -0.39 is 11.7 Å². The summed E-state index contributed by atoms with van der Waals surface area (Å²) >= 11 is 0. The highest BCUT2D eigenvalue weighted by molar-refractivity contribution is 5.98. The number of aryl methyl sites for hydroxylation is 1. The number of rotatable bonds is 5. The van der Waals surface area contributed by atoms with Crippen molar-refractivity contribution in [3.63, 3.8) is 0 Å². The van der Waals surface area contributed by atoms with Crippen molar-refractivity contribution in [1.29, 1.82) is 0 Å². The minimum Gasteiger partial charge on any atom is -0.299 e. The molecule has 0 unspecified atom stereocenters. The fraction of sp³-hybridized carbons (Fsp3) is 0.258. The van der Waals surface area contributed by atoms with Crippen LogP contribution in [0.15, 0.2) is 67.1 Å². The fourth-order valence-corrected chi connectivity index (χ4v) is 4.76. The summed E-state index contributed by atoms with van der Waals surface area (Å²) in [6.07, 6.45) is 2.58. The van der Waals surface area contributed by atoms with Crippen molar-refractivity contribution in [2.75, 3.05) is 13.1 Å². The Morgan fingerprint density at radius 3 is 2.53 bits per heavy atom. The molecule has 0 N–H and O–H groups in total. The van der Waals surface area contributed by atoms with E-state index in [2.05, 4.69) is 26.7 Å². The smallest absolute Gasteiger partial charge is 0.299 e. The lowest BCUT2D eigenvalue weighted by Gasteiger charge is -2.17. The highest BCUT2D eigenvalue weighted by atomic mass is 19.4. The molecule has 1 saturated heterocycles. The van der Waals surface area contributed by atoms with Gasteiger partial charge in [0.25, 0.3) is 0 Å². The number of Topliss-reactive ketones (excluding diaryl/α,β-unsaturated/α-hetero) is 1. The first kappa shape index (κ1) is 25.6. The van der Waals surface area contributed by atoms with Crippen LogP contribution in [-0.4, -0.2) is 33.7 Å². The molecule has 3 heterocycles. The first-order chi connectivity index (χ1) is 18.3. The van der Waals surface area contributed by atoms with E-state index in [-0.39, 0.29) is 12.2 Å². The van der Waals surface area contributed by atoms with Crippen LogP contribution in [0, 0.1) is 18.8 Å². The van der Waals surface area contributed by atoms with E-state index in [1.54, 1.807) is 36.8 Å². The van der Waals surface area contributed by atoms with E-state index in [0.717, 1.165) is 48.5 Å². The van der Waals surface area contributed by atoms with Crippen LogP contribution in [0.3, 0.4) is 0 Å². The van der Waals surface area contributed by atoms with Gasteiger partial charge in [-0.05, 0) is 79.9 Å². The van der Waals surface area contributed by atoms with E-state index in [1.807, 2.05) is 25.1 Å². The Hall–Kier alpha value is -4.02. The predicted octanol–water partition coefficient (Wildman–Crippen LogP) is 6.38. The molecule has 0 spiro atoms. The van der Waals surface area contributed by atoms with Crippen molar-refractivity contribution < 1.29 is 18.0 Å². The van der Waals surface area contributed by atoms with Crippen LogP contribution in [0.5, 0.6) is 0 Å². The molecule has 5 rings (SSSR count). The van der Waals surface area contributed by atoms with Gasteiger partial charge >= 0.3 is 6.18 Å². The van der Waals surface area contributed by atoms with E-state index in [0.29, 0.717) is 34.4 Å². The second kappa shape index (κ2) is 10.8. The number of fused-ring (bicyclic) bond motifs is 1. The quantitative estimate of drug-likeness (QED) is 0.230. The second-order valence-electron chi connectivity index (χ2n) is 9.66. The highest BCUT2D eigenvalue weighted by Gasteiger charge is 2.31. The summed E-state index contributed by atoms with van der Waals surface area (Å²) in [6, 6.07) is 13.0. The zero-order chi connectivity index (χ0) is 26.7. The summed E-state index contributed by atoms with van der Waals surface area (Å²) in [5.41, 5.74) is 3.61. The summed E-state index contributed by atoms with van der Waals surface area (Å²) in [5, 5.41) is 0.880. The van der Waals surface area contributed by atoms with Crippen molar-refractivity contribution in [2.45, 2.75) is 38.9 Å². The molecule has 0 amide bonds. The average Bonchev–Trinajstić information content (AvgIpc) is 3.40. The van der Waals surface area contributed by atoms with Gasteiger partial charge in [0.1, 0.15) is 0 Å². The van der Waals surface area contributed by atoms with Crippen LogP contribution in [0.2, 0.25) is 0 Å². The number of benzene rings is 2. The van der Waals surface area contributed by atoms with Crippen molar-refractivity contribution in [3.8, 4) is 11.8 Å². The molecular weight excluding hydrogens is 487 g/mol. The summed E-state index contributed by atoms with van der Waals surface area (Å²) < 4.78 is 40.9. The number of ketones is 1. The van der Waals surface area contributed by atoms with Gasteiger partial charge in [0, 0.05) is 48.1 Å². The third kappa shape index (κ3) is 5.92. The Morgan fingerprint density at radius 1 is 0.974 bits per heavy atom. The van der Waals surface area contributed by atoms with Gasteiger partial charge < -0.3 is 0 Å². The van der Waals surface area contributed by atoms with Crippen LogP contribution in [0.1, 0.15) is 56.6 Å². The highest BCUT2D eigenvalue weighted by Crippen LogP contribution is 2.31. The molecule has 0 atom stereocenters. The molecular formula is C31H26F3N3O. The van der Waals surface area contributed by atoms with Gasteiger partial charge in [0.15, 0.2) is 5.78 Å². The molecule has 2 aromatic carbocycles. The molecule has 2 aromatic heterocycles. The molecule has 0 aliphatic carbocycles. The maximum absolute atomic E-state index is 13.6. The number of carbonyl (C=O) groups excluding carboxylic acids is 1. The number of hydrogen-bond acceptors (Lipinski definition) is 4. The molecule has 4 nitrogen and oxygen atoms in total. The molecule has 0 bridgehead atoms. The second-order valence-corrected chi connectivity index (χ2v) is 9.66. The molecule has 1 aliphatic heterocycles. The van der Waals surface area contributed by atoms with Crippen molar-refractivity contribution >= 4 is 16.7 Å². The van der Waals surface area contributed by atoms with Crippen molar-refractivity contribution in [1.82, 2.24) is 14.9 Å². The lowest BCUT2D eigenvalue weighted by molar-refractivity contribution is -0.137. The average molecular weight is 514 g/mol. The lowest BCUT2D eigenvalue weighted by Crippen LogP contribution is -2.19. The summed E-state index contributed by atoms with van der Waals surface area (Å²) in [4.78, 5) is 23.9. The Morgan fingerprint density at radius 2 is 1.74 bits per heavy atom. The van der Waals surface area contributed by atoms with Crippen LogP contribution in [0.25, 0.3) is 10.9 Å². The standard InChI is InChI=1S/C31H26F3N3O/c1-21-6-7-25(17-24(21)8-9-27-19-35-18-26-5-4-10-36-30(26)27)29(38)16-22-13-23(20-37-11-2-3-12-37)15-28(14-22)31(32,33)34/h4-7,10,13-15,17-19H,2-3,11-12,16,20H2,1H3. The summed E-state index contributed by atoms with van der Waals surface area (Å²) in [7, 11) is 0. The van der Waals surface area contributed by atoms with E-state index in [4.69, 9.17) is 0 Å². The number of pyridine rings is 2. The summed E-state index contributed by atoms with van der Waals surface area (Å²) in [6.45, 7) is 4.10. The largest absolute Gasteiger partial charge is 0.416 e. The maximum Gasteiger partial charge on any atom is 0.416 e. The van der Waals surface area contributed by atoms with Gasteiger partial charge in [-0.1, -0.05) is 30.0 Å². The molecule has 38 heavy (non-hydrogen) atoms. The minimum absolute atomic E-state index is 0.121. The number of aromatic nitrogens is 2. The first-order valence-electron chi connectivity index (χ1n) is 12.5. The Balaban J connectivity index is 1.41. The van der Waals surface area contributed by atoms with Crippen molar-refractivity contribution in [2.24, 2.45) is 0 Å². The zero-order valence-electron chi connectivity index (χ0n) is 21.0. The SMILES string of the molecule is Cc1ccc(C(=O)Cc2cc(CN3CCCC3)cc(C(F)(F)F)c2)cc1C#Cc1cncc2cccnc12. The van der Waals surface area contributed by atoms with Crippen molar-refractivity contribution in [3.05, 3.63) is 106 Å². The maximum atomic E-state index is 13.6. The van der Waals surface area contributed by atoms with Gasteiger partial charge in [-0.2, -0.15) is 13.2 Å². The van der Waals surface area contributed by atoms with Gasteiger partial charge in [0.2, 0.25) is 0 Å². The van der Waals surface area contributed by atoms with E-state index in [1.165, 1.54) is 6.07 Å². The zero-order valence-corrected chi connectivity index (χ0v) is 21.0. The number of nitrogens with zero attached hydrogens (tertiary/aromatic N) is 3. The van der Waals surface area contributed by atoms with Gasteiger partial charge in [-0.15, -0.1) is 0 Å². The van der Waals surface area contributed by atoms with Gasteiger partial charge in [0.05, 0.1) is 16.6 Å². The molecule has 1 aliphatic rings. The Kier molecular flexibility index (Phi) is 7.26. The molecule has 4 aromatic rings. The number of likely N-dealkylation sites (tertiary alicyclic amines) is 1. The molecule has 7 heteroatoms. The lowest BCUT2D eigenvalue weighted by atomic mass is 9.96. The molecule has 192 valence electrons. The van der Waals surface area contributed by atoms with Crippen LogP contribution < -0.4 is 0 Å². The van der Waals surface area contributed by atoms with E-state index >= 15 is 0 Å². The van der Waals surface area contributed by atoms with E-state index in [9.17, 15) is 18.0 Å². The number of carbonyl (C=O) groups is 1. The third-order valence-corrected chi connectivity index (χ3v) is 6.75. The van der Waals surface area contributed by atoms with Crippen LogP contribution in [-0.2, 0) is 19.1 Å². The third-order valence-electron chi connectivity index (χ3n) is 6.75. The minimum atomic E-state index is -4.48. The number of hydrogen-bond donors (Lipinski definition) is 0. The Labute approximate surface area is 219 Å². The summed E-state index contributed by atoms with van der Waals surface area (Å²) in [5.74, 6) is 5.98. The molecule has 0 radical (unpaired) electrons.